The molecule has 19 heavy (non-hydrogen) atoms. The van der Waals surface area contributed by atoms with E-state index in [9.17, 15) is 8.42 Å². The molecule has 0 aliphatic rings. The van der Waals surface area contributed by atoms with Crippen LogP contribution in [0.2, 0.25) is 0 Å². The van der Waals surface area contributed by atoms with Crippen LogP contribution >= 0.6 is 15.9 Å². The van der Waals surface area contributed by atoms with Gasteiger partial charge in [0.25, 0.3) is 0 Å². The third kappa shape index (κ3) is 3.92. The number of hydrogen-bond donors (Lipinski definition) is 2. The molecule has 2 aromatic rings. The summed E-state index contributed by atoms with van der Waals surface area (Å²) < 4.78 is 27.1. The molecule has 4 nitrogen and oxygen atoms in total. The molecule has 0 saturated heterocycles. The van der Waals surface area contributed by atoms with Crippen molar-refractivity contribution in [1.82, 2.24) is 0 Å². The zero-order valence-electron chi connectivity index (χ0n) is 10.3. The van der Waals surface area contributed by atoms with Crippen molar-refractivity contribution in [3.05, 3.63) is 40.9 Å². The maximum atomic E-state index is 11.8. The molecule has 0 unspecified atom stereocenters. The summed E-state index contributed by atoms with van der Waals surface area (Å²) >= 11 is 3.40. The van der Waals surface area contributed by atoms with Gasteiger partial charge in [-0.3, -0.25) is 4.72 Å². The molecule has 0 aliphatic heterocycles. The SMILES string of the molecule is NCCCS(=O)(=O)Nc1ccc2cc(Br)ccc2c1. The molecule has 0 fully saturated rings. The molecule has 3 N–H and O–H groups in total. The molecule has 0 amide bonds. The minimum atomic E-state index is -3.31. The Labute approximate surface area is 121 Å². The molecule has 0 atom stereocenters. The highest BCUT2D eigenvalue weighted by molar-refractivity contribution is 9.10. The third-order valence-corrected chi connectivity index (χ3v) is 4.56. The highest BCUT2D eigenvalue weighted by atomic mass is 79.9. The zero-order chi connectivity index (χ0) is 13.9. The number of sulfonamides is 1. The summed E-state index contributed by atoms with van der Waals surface area (Å²) in [7, 11) is -3.31. The Morgan fingerprint density at radius 3 is 2.53 bits per heavy atom. The second-order valence-electron chi connectivity index (χ2n) is 4.27. The van der Waals surface area contributed by atoms with E-state index < -0.39 is 10.0 Å². The Morgan fingerprint density at radius 1 is 1.11 bits per heavy atom. The molecule has 0 aliphatic carbocycles. The molecule has 2 rings (SSSR count). The number of hydrogen-bond acceptors (Lipinski definition) is 3. The number of halogens is 1. The van der Waals surface area contributed by atoms with Crippen LogP contribution in [0, 0.1) is 0 Å². The van der Waals surface area contributed by atoms with Crippen LogP contribution in [0.3, 0.4) is 0 Å². The van der Waals surface area contributed by atoms with Crippen molar-refractivity contribution in [2.45, 2.75) is 6.42 Å². The van der Waals surface area contributed by atoms with Crippen molar-refractivity contribution in [2.75, 3.05) is 17.0 Å². The molecule has 102 valence electrons. The lowest BCUT2D eigenvalue weighted by atomic mass is 10.1. The number of rotatable bonds is 5. The fourth-order valence-electron chi connectivity index (χ4n) is 1.78. The molecule has 0 bridgehead atoms. The summed E-state index contributed by atoms with van der Waals surface area (Å²) in [4.78, 5) is 0. The normalized spacial score (nSPS) is 11.7. The predicted molar refractivity (Wildman–Crippen MR) is 82.7 cm³/mol. The highest BCUT2D eigenvalue weighted by Crippen LogP contribution is 2.23. The lowest BCUT2D eigenvalue weighted by molar-refractivity contribution is 0.599. The van der Waals surface area contributed by atoms with E-state index in [4.69, 9.17) is 5.73 Å². The second kappa shape index (κ2) is 5.90. The topological polar surface area (TPSA) is 72.2 Å². The Bertz CT molecular complexity index is 686. The Kier molecular flexibility index (Phi) is 4.44. The van der Waals surface area contributed by atoms with Gasteiger partial charge in [0.15, 0.2) is 0 Å². The van der Waals surface area contributed by atoms with Crippen LogP contribution in [0.15, 0.2) is 40.9 Å². The number of anilines is 1. The van der Waals surface area contributed by atoms with Crippen molar-refractivity contribution in [2.24, 2.45) is 5.73 Å². The van der Waals surface area contributed by atoms with Crippen molar-refractivity contribution in [3.8, 4) is 0 Å². The quantitative estimate of drug-likeness (QED) is 0.877. The molecule has 0 radical (unpaired) electrons. The third-order valence-electron chi connectivity index (χ3n) is 2.69. The van der Waals surface area contributed by atoms with Crippen LogP contribution in [-0.2, 0) is 10.0 Å². The first kappa shape index (κ1) is 14.3. The summed E-state index contributed by atoms with van der Waals surface area (Å²) in [6.07, 6.45) is 0.454. The Morgan fingerprint density at radius 2 is 1.79 bits per heavy atom. The van der Waals surface area contributed by atoms with Gasteiger partial charge in [0.05, 0.1) is 5.75 Å². The van der Waals surface area contributed by atoms with Crippen LogP contribution < -0.4 is 10.5 Å². The molecule has 0 saturated carbocycles. The van der Waals surface area contributed by atoms with E-state index in [0.717, 1.165) is 15.2 Å². The lowest BCUT2D eigenvalue weighted by Gasteiger charge is -2.08. The van der Waals surface area contributed by atoms with Crippen LogP contribution in [0.5, 0.6) is 0 Å². The fraction of sp³-hybridized carbons (Fsp3) is 0.231. The summed E-state index contributed by atoms with van der Waals surface area (Å²) in [6.45, 7) is 0.368. The van der Waals surface area contributed by atoms with E-state index in [1.54, 1.807) is 6.07 Å². The number of benzene rings is 2. The van der Waals surface area contributed by atoms with Gasteiger partial charge in [0.1, 0.15) is 0 Å². The fourth-order valence-corrected chi connectivity index (χ4v) is 3.30. The van der Waals surface area contributed by atoms with E-state index in [0.29, 0.717) is 18.7 Å². The number of fused-ring (bicyclic) bond motifs is 1. The summed E-state index contributed by atoms with van der Waals surface area (Å²) in [5, 5.41) is 2.04. The van der Waals surface area contributed by atoms with Crippen LogP contribution in [-0.4, -0.2) is 20.7 Å². The van der Waals surface area contributed by atoms with Crippen molar-refractivity contribution >= 4 is 42.4 Å². The molecular formula is C13H15BrN2O2S. The van der Waals surface area contributed by atoms with Gasteiger partial charge in [0, 0.05) is 10.2 Å². The van der Waals surface area contributed by atoms with Gasteiger partial charge < -0.3 is 5.73 Å². The zero-order valence-corrected chi connectivity index (χ0v) is 12.7. The van der Waals surface area contributed by atoms with E-state index in [-0.39, 0.29) is 5.75 Å². The van der Waals surface area contributed by atoms with Crippen LogP contribution in [0.1, 0.15) is 6.42 Å². The largest absolute Gasteiger partial charge is 0.330 e. The first-order valence-corrected chi connectivity index (χ1v) is 8.34. The Balaban J connectivity index is 2.24. The first-order chi connectivity index (χ1) is 9.00. The Hall–Kier alpha value is -1.11. The molecule has 6 heteroatoms. The minimum Gasteiger partial charge on any atom is -0.330 e. The van der Waals surface area contributed by atoms with Gasteiger partial charge in [-0.1, -0.05) is 28.1 Å². The molecule has 0 aromatic heterocycles. The maximum absolute atomic E-state index is 11.8. The number of nitrogens with one attached hydrogen (secondary N) is 1. The van der Waals surface area contributed by atoms with Crippen molar-refractivity contribution < 1.29 is 8.42 Å². The van der Waals surface area contributed by atoms with Gasteiger partial charge in [-0.25, -0.2) is 8.42 Å². The summed E-state index contributed by atoms with van der Waals surface area (Å²) in [6, 6.07) is 11.3. The average molecular weight is 343 g/mol. The van der Waals surface area contributed by atoms with Crippen molar-refractivity contribution in [3.63, 3.8) is 0 Å². The van der Waals surface area contributed by atoms with Gasteiger partial charge in [-0.2, -0.15) is 0 Å². The van der Waals surface area contributed by atoms with E-state index in [2.05, 4.69) is 20.7 Å². The van der Waals surface area contributed by atoms with Gasteiger partial charge in [-0.15, -0.1) is 0 Å². The minimum absolute atomic E-state index is 0.0435. The lowest BCUT2D eigenvalue weighted by Crippen LogP contribution is -2.18. The van der Waals surface area contributed by atoms with Gasteiger partial charge in [0.2, 0.25) is 10.0 Å². The van der Waals surface area contributed by atoms with Crippen molar-refractivity contribution in [1.29, 1.82) is 0 Å². The summed E-state index contributed by atoms with van der Waals surface area (Å²) in [5.74, 6) is 0.0435. The van der Waals surface area contributed by atoms with Gasteiger partial charge in [-0.05, 0) is 48.0 Å². The van der Waals surface area contributed by atoms with E-state index >= 15 is 0 Å². The molecular weight excluding hydrogens is 328 g/mol. The summed E-state index contributed by atoms with van der Waals surface area (Å²) in [5.41, 5.74) is 5.90. The number of nitrogens with two attached hydrogens (primary N) is 1. The smallest absolute Gasteiger partial charge is 0.232 e. The molecule has 0 heterocycles. The average Bonchev–Trinajstić information content (AvgIpc) is 2.36. The standard InChI is InChI=1S/C13H15BrN2O2S/c14-12-4-2-11-9-13(5-3-10(11)8-12)16-19(17,18)7-1-6-15/h2-5,8-9,16H,1,6-7,15H2. The monoisotopic (exact) mass is 342 g/mol. The van der Waals surface area contributed by atoms with Crippen LogP contribution in [0.4, 0.5) is 5.69 Å². The molecule has 0 spiro atoms. The first-order valence-electron chi connectivity index (χ1n) is 5.90. The maximum Gasteiger partial charge on any atom is 0.232 e. The van der Waals surface area contributed by atoms with E-state index in [1.807, 2.05) is 30.3 Å². The van der Waals surface area contributed by atoms with Gasteiger partial charge >= 0.3 is 0 Å². The highest BCUT2D eigenvalue weighted by Gasteiger charge is 2.09. The predicted octanol–water partition coefficient (Wildman–Crippen LogP) is 2.69. The second-order valence-corrected chi connectivity index (χ2v) is 7.03. The van der Waals surface area contributed by atoms with E-state index in [1.165, 1.54) is 0 Å². The molecule has 2 aromatic carbocycles. The van der Waals surface area contributed by atoms with Crippen LogP contribution in [0.25, 0.3) is 10.8 Å².